The molecular formula is C14H25N5O2S. The monoisotopic (exact) mass is 327 g/mol. The maximum atomic E-state index is 11.5. The Labute approximate surface area is 132 Å². The lowest BCUT2D eigenvalue weighted by atomic mass is 10.2. The van der Waals surface area contributed by atoms with Crippen LogP contribution < -0.4 is 10.6 Å². The molecule has 1 aromatic rings. The van der Waals surface area contributed by atoms with Crippen LogP contribution in [0.25, 0.3) is 0 Å². The fourth-order valence-corrected chi connectivity index (χ4v) is 4.13. The summed E-state index contributed by atoms with van der Waals surface area (Å²) in [5.74, 6) is 1.50. The molecule has 2 atom stereocenters. The second kappa shape index (κ2) is 7.62. The molecule has 1 aromatic heterocycles. The molecule has 0 aliphatic carbocycles. The van der Waals surface area contributed by atoms with Crippen LogP contribution in [0.1, 0.15) is 20.3 Å². The summed E-state index contributed by atoms with van der Waals surface area (Å²) in [7, 11) is -2.88. The van der Waals surface area contributed by atoms with E-state index in [0.717, 1.165) is 13.1 Å². The molecule has 0 bridgehead atoms. The fraction of sp³-hybridized carbons (Fsp3) is 0.714. The Morgan fingerprint density at radius 3 is 2.95 bits per heavy atom. The summed E-state index contributed by atoms with van der Waals surface area (Å²) in [6.45, 7) is 6.34. The number of rotatable bonds is 6. The lowest BCUT2D eigenvalue weighted by Gasteiger charge is -2.17. The van der Waals surface area contributed by atoms with Gasteiger partial charge in [0.2, 0.25) is 0 Å². The number of sulfone groups is 1. The van der Waals surface area contributed by atoms with E-state index in [0.29, 0.717) is 24.8 Å². The van der Waals surface area contributed by atoms with E-state index in [1.807, 2.05) is 23.9 Å². The number of aliphatic imine (C=N–C) groups is 1. The van der Waals surface area contributed by atoms with E-state index in [9.17, 15) is 8.42 Å². The van der Waals surface area contributed by atoms with E-state index in [-0.39, 0.29) is 17.5 Å². The van der Waals surface area contributed by atoms with Crippen molar-refractivity contribution < 1.29 is 8.42 Å². The minimum Gasteiger partial charge on any atom is -0.357 e. The van der Waals surface area contributed by atoms with Crippen LogP contribution in [0.4, 0.5) is 0 Å². The Hall–Kier alpha value is -1.57. The van der Waals surface area contributed by atoms with Crippen molar-refractivity contribution in [3.8, 4) is 0 Å². The Balaban J connectivity index is 1.86. The molecule has 0 spiro atoms. The van der Waals surface area contributed by atoms with Crippen LogP contribution in [0, 0.1) is 5.92 Å². The second-order valence-electron chi connectivity index (χ2n) is 5.80. The van der Waals surface area contributed by atoms with Crippen molar-refractivity contribution in [2.45, 2.75) is 32.9 Å². The number of guanidine groups is 1. The van der Waals surface area contributed by atoms with Crippen LogP contribution in [-0.4, -0.2) is 54.8 Å². The summed E-state index contributed by atoms with van der Waals surface area (Å²) in [5, 5.41) is 10.6. The minimum absolute atomic E-state index is 0.0378. The molecular weight excluding hydrogens is 302 g/mol. The number of hydrogen-bond donors (Lipinski definition) is 2. The van der Waals surface area contributed by atoms with Gasteiger partial charge in [0.15, 0.2) is 15.8 Å². The van der Waals surface area contributed by atoms with Crippen LogP contribution in [0.5, 0.6) is 0 Å². The molecule has 2 rings (SSSR count). The highest BCUT2D eigenvalue weighted by molar-refractivity contribution is 7.91. The van der Waals surface area contributed by atoms with Gasteiger partial charge in [-0.2, -0.15) is 5.10 Å². The maximum absolute atomic E-state index is 11.5. The van der Waals surface area contributed by atoms with Crippen molar-refractivity contribution in [2.24, 2.45) is 10.9 Å². The molecule has 0 amide bonds. The maximum Gasteiger partial charge on any atom is 0.191 e. The smallest absolute Gasteiger partial charge is 0.191 e. The van der Waals surface area contributed by atoms with E-state index in [1.165, 1.54) is 0 Å². The van der Waals surface area contributed by atoms with Crippen LogP contribution in [0.15, 0.2) is 23.5 Å². The van der Waals surface area contributed by atoms with Gasteiger partial charge in [0.05, 0.1) is 11.5 Å². The van der Waals surface area contributed by atoms with Crippen molar-refractivity contribution >= 4 is 15.8 Å². The number of nitrogens with zero attached hydrogens (tertiary/aromatic N) is 3. The molecule has 0 saturated carbocycles. The molecule has 1 saturated heterocycles. The van der Waals surface area contributed by atoms with Crippen LogP contribution in [0.3, 0.4) is 0 Å². The second-order valence-corrected chi connectivity index (χ2v) is 8.03. The van der Waals surface area contributed by atoms with Gasteiger partial charge in [-0.05, 0) is 25.3 Å². The number of aromatic nitrogens is 2. The Bertz CT molecular complexity index is 582. The standard InChI is InChI=1S/C14H25N5O2S/c1-3-15-14(18-13-5-8-22(20,21)11-13)16-9-12(2)10-19-7-4-6-17-19/h4,6-7,12-13H,3,5,8-11H2,1-2H3,(H2,15,16,18). The zero-order valence-corrected chi connectivity index (χ0v) is 14.0. The van der Waals surface area contributed by atoms with Crippen molar-refractivity contribution in [2.75, 3.05) is 24.6 Å². The van der Waals surface area contributed by atoms with Crippen LogP contribution >= 0.6 is 0 Å². The average molecular weight is 327 g/mol. The van der Waals surface area contributed by atoms with E-state index < -0.39 is 9.84 Å². The molecule has 124 valence electrons. The third-order valence-electron chi connectivity index (χ3n) is 3.54. The van der Waals surface area contributed by atoms with E-state index >= 15 is 0 Å². The normalized spacial score (nSPS) is 22.5. The molecule has 8 heteroatoms. The van der Waals surface area contributed by atoms with E-state index in [2.05, 4.69) is 27.6 Å². The van der Waals surface area contributed by atoms with Gasteiger partial charge in [-0.25, -0.2) is 8.42 Å². The van der Waals surface area contributed by atoms with Gasteiger partial charge in [-0.3, -0.25) is 9.67 Å². The van der Waals surface area contributed by atoms with E-state index in [1.54, 1.807) is 6.20 Å². The van der Waals surface area contributed by atoms with Crippen molar-refractivity contribution in [3.05, 3.63) is 18.5 Å². The predicted octanol–water partition coefficient (Wildman–Crippen LogP) is 0.261. The summed E-state index contributed by atoms with van der Waals surface area (Å²) in [5.41, 5.74) is 0. The van der Waals surface area contributed by atoms with Gasteiger partial charge in [0.1, 0.15) is 0 Å². The molecule has 22 heavy (non-hydrogen) atoms. The topological polar surface area (TPSA) is 88.4 Å². The molecule has 1 aliphatic heterocycles. The van der Waals surface area contributed by atoms with Gasteiger partial charge >= 0.3 is 0 Å². The largest absolute Gasteiger partial charge is 0.357 e. The molecule has 2 N–H and O–H groups in total. The minimum atomic E-state index is -2.88. The Kier molecular flexibility index (Phi) is 5.82. The van der Waals surface area contributed by atoms with Crippen molar-refractivity contribution in [1.82, 2.24) is 20.4 Å². The third kappa shape index (κ3) is 5.32. The summed E-state index contributed by atoms with van der Waals surface area (Å²) in [4.78, 5) is 4.56. The summed E-state index contributed by atoms with van der Waals surface area (Å²) in [6, 6.07) is 1.87. The molecule has 2 heterocycles. The zero-order chi connectivity index (χ0) is 16.0. The van der Waals surface area contributed by atoms with Crippen LogP contribution in [0.2, 0.25) is 0 Å². The van der Waals surface area contributed by atoms with Crippen molar-refractivity contribution in [3.63, 3.8) is 0 Å². The number of hydrogen-bond acceptors (Lipinski definition) is 4. The molecule has 1 fully saturated rings. The van der Waals surface area contributed by atoms with Crippen LogP contribution in [-0.2, 0) is 16.4 Å². The fourth-order valence-electron chi connectivity index (χ4n) is 2.45. The first-order valence-electron chi connectivity index (χ1n) is 7.71. The molecule has 1 aliphatic rings. The average Bonchev–Trinajstić information content (AvgIpc) is 3.06. The van der Waals surface area contributed by atoms with Gasteiger partial charge in [-0.1, -0.05) is 6.92 Å². The zero-order valence-electron chi connectivity index (χ0n) is 13.2. The lowest BCUT2D eigenvalue weighted by molar-refractivity contribution is 0.457. The first kappa shape index (κ1) is 16.8. The van der Waals surface area contributed by atoms with Gasteiger partial charge in [-0.15, -0.1) is 0 Å². The first-order chi connectivity index (χ1) is 10.5. The van der Waals surface area contributed by atoms with Gasteiger partial charge < -0.3 is 10.6 Å². The highest BCUT2D eigenvalue weighted by Crippen LogP contribution is 2.11. The molecule has 0 aromatic carbocycles. The summed E-state index contributed by atoms with van der Waals surface area (Å²) >= 11 is 0. The van der Waals surface area contributed by atoms with E-state index in [4.69, 9.17) is 0 Å². The molecule has 7 nitrogen and oxygen atoms in total. The SMILES string of the molecule is CCNC(=NCC(C)Cn1cccn1)NC1CCS(=O)(=O)C1. The Morgan fingerprint density at radius 1 is 1.55 bits per heavy atom. The Morgan fingerprint density at radius 2 is 2.36 bits per heavy atom. The molecule has 0 radical (unpaired) electrons. The quantitative estimate of drug-likeness (QED) is 0.578. The highest BCUT2D eigenvalue weighted by Gasteiger charge is 2.28. The molecule has 2 unspecified atom stereocenters. The van der Waals surface area contributed by atoms with Gasteiger partial charge in [0, 0.05) is 38.1 Å². The van der Waals surface area contributed by atoms with Crippen molar-refractivity contribution in [1.29, 1.82) is 0 Å². The summed E-state index contributed by atoms with van der Waals surface area (Å²) in [6.07, 6.45) is 4.35. The first-order valence-corrected chi connectivity index (χ1v) is 9.53. The highest BCUT2D eigenvalue weighted by atomic mass is 32.2. The predicted molar refractivity (Wildman–Crippen MR) is 87.6 cm³/mol. The lowest BCUT2D eigenvalue weighted by Crippen LogP contribution is -2.44. The summed E-state index contributed by atoms with van der Waals surface area (Å²) < 4.78 is 24.9. The third-order valence-corrected chi connectivity index (χ3v) is 5.30. The van der Waals surface area contributed by atoms with Gasteiger partial charge in [0.25, 0.3) is 0 Å². The number of nitrogens with one attached hydrogen (secondary N) is 2.